The van der Waals surface area contributed by atoms with Gasteiger partial charge in [0.25, 0.3) is 0 Å². The van der Waals surface area contributed by atoms with Crippen LogP contribution in [0, 0.1) is 5.41 Å². The first-order valence-electron chi connectivity index (χ1n) is 6.05. The van der Waals surface area contributed by atoms with Gasteiger partial charge in [-0.3, -0.25) is 4.79 Å². The molecule has 0 saturated heterocycles. The molecule has 1 atom stereocenters. The molecule has 1 rings (SSSR count). The molecular formula is C15H20O3. The second-order valence-electron chi connectivity index (χ2n) is 4.49. The van der Waals surface area contributed by atoms with Crippen LogP contribution < -0.4 is 0 Å². The van der Waals surface area contributed by atoms with Crippen molar-refractivity contribution in [3.8, 4) is 0 Å². The molecule has 1 aromatic carbocycles. The Morgan fingerprint density at radius 3 is 2.39 bits per heavy atom. The molecule has 0 spiro atoms. The number of carbonyl (C=O) groups excluding carboxylic acids is 1. The van der Waals surface area contributed by atoms with Gasteiger partial charge in [0, 0.05) is 0 Å². The maximum absolute atomic E-state index is 11.9. The van der Waals surface area contributed by atoms with E-state index in [1.165, 1.54) is 0 Å². The molecule has 1 N–H and O–H groups in total. The summed E-state index contributed by atoms with van der Waals surface area (Å²) in [4.78, 5) is 11.9. The molecule has 0 aliphatic rings. The normalized spacial score (nSPS) is 13.7. The van der Waals surface area contributed by atoms with Crippen LogP contribution in [0.4, 0.5) is 0 Å². The van der Waals surface area contributed by atoms with Gasteiger partial charge in [0.2, 0.25) is 0 Å². The van der Waals surface area contributed by atoms with Crippen LogP contribution in [-0.4, -0.2) is 17.7 Å². The van der Waals surface area contributed by atoms with Crippen molar-refractivity contribution in [3.05, 3.63) is 48.0 Å². The molecule has 3 heteroatoms. The highest BCUT2D eigenvalue weighted by Crippen LogP contribution is 2.26. The molecule has 1 aromatic rings. The summed E-state index contributed by atoms with van der Waals surface area (Å²) in [6.07, 6.45) is 2.17. The number of hydrogen-bond donors (Lipinski definition) is 1. The zero-order valence-electron chi connectivity index (χ0n) is 11.0. The SMILES string of the molecule is C=CC(C)(Cc1ccc(CO)cc1)C(=O)OCC. The van der Waals surface area contributed by atoms with E-state index in [0.29, 0.717) is 13.0 Å². The van der Waals surface area contributed by atoms with Gasteiger partial charge in [-0.25, -0.2) is 0 Å². The lowest BCUT2D eigenvalue weighted by Crippen LogP contribution is -2.30. The lowest BCUT2D eigenvalue weighted by Gasteiger charge is -2.23. The van der Waals surface area contributed by atoms with Crippen LogP contribution in [0.2, 0.25) is 0 Å². The fraction of sp³-hybridized carbons (Fsp3) is 0.400. The summed E-state index contributed by atoms with van der Waals surface area (Å²) >= 11 is 0. The van der Waals surface area contributed by atoms with Gasteiger partial charge in [-0.05, 0) is 31.4 Å². The molecular weight excluding hydrogens is 228 g/mol. The first kappa shape index (κ1) is 14.5. The summed E-state index contributed by atoms with van der Waals surface area (Å²) in [6, 6.07) is 7.52. The van der Waals surface area contributed by atoms with Gasteiger partial charge in [0.15, 0.2) is 0 Å². The molecule has 0 aliphatic carbocycles. The van der Waals surface area contributed by atoms with Gasteiger partial charge in [-0.1, -0.05) is 30.3 Å². The monoisotopic (exact) mass is 248 g/mol. The maximum Gasteiger partial charge on any atom is 0.315 e. The number of ether oxygens (including phenoxy) is 1. The third-order valence-electron chi connectivity index (χ3n) is 2.97. The van der Waals surface area contributed by atoms with E-state index in [1.807, 2.05) is 31.2 Å². The van der Waals surface area contributed by atoms with Crippen LogP contribution in [0.25, 0.3) is 0 Å². The minimum Gasteiger partial charge on any atom is -0.465 e. The van der Waals surface area contributed by atoms with Gasteiger partial charge >= 0.3 is 5.97 Å². The van der Waals surface area contributed by atoms with Crippen LogP contribution >= 0.6 is 0 Å². The van der Waals surface area contributed by atoms with E-state index in [-0.39, 0.29) is 12.6 Å². The van der Waals surface area contributed by atoms with E-state index in [2.05, 4.69) is 6.58 Å². The number of aliphatic hydroxyl groups excluding tert-OH is 1. The minimum atomic E-state index is -0.712. The Bertz CT molecular complexity index is 408. The van der Waals surface area contributed by atoms with E-state index in [1.54, 1.807) is 13.0 Å². The van der Waals surface area contributed by atoms with Crippen LogP contribution in [0.15, 0.2) is 36.9 Å². The van der Waals surface area contributed by atoms with Crippen molar-refractivity contribution < 1.29 is 14.6 Å². The molecule has 0 aromatic heterocycles. The highest BCUT2D eigenvalue weighted by molar-refractivity contribution is 5.79. The molecule has 18 heavy (non-hydrogen) atoms. The van der Waals surface area contributed by atoms with Gasteiger partial charge in [0.1, 0.15) is 0 Å². The second kappa shape index (κ2) is 6.36. The van der Waals surface area contributed by atoms with E-state index in [0.717, 1.165) is 11.1 Å². The largest absolute Gasteiger partial charge is 0.465 e. The lowest BCUT2D eigenvalue weighted by molar-refractivity contribution is -0.151. The van der Waals surface area contributed by atoms with Gasteiger partial charge in [-0.15, -0.1) is 6.58 Å². The standard InChI is InChI=1S/C15H20O3/c1-4-15(3,14(17)18-5-2)10-12-6-8-13(11-16)9-7-12/h4,6-9,16H,1,5,10-11H2,2-3H3. The predicted octanol–water partition coefficient (Wildman–Crippen LogP) is 2.48. The van der Waals surface area contributed by atoms with Crippen molar-refractivity contribution >= 4 is 5.97 Å². The predicted molar refractivity (Wildman–Crippen MR) is 71.0 cm³/mol. The topological polar surface area (TPSA) is 46.5 Å². The number of carbonyl (C=O) groups is 1. The maximum atomic E-state index is 11.9. The smallest absolute Gasteiger partial charge is 0.315 e. The molecule has 0 radical (unpaired) electrons. The molecule has 0 saturated carbocycles. The summed E-state index contributed by atoms with van der Waals surface area (Å²) in [5, 5.41) is 8.98. The highest BCUT2D eigenvalue weighted by atomic mass is 16.5. The zero-order valence-corrected chi connectivity index (χ0v) is 11.0. The number of hydrogen-bond acceptors (Lipinski definition) is 3. The van der Waals surface area contributed by atoms with E-state index in [4.69, 9.17) is 9.84 Å². The molecule has 1 unspecified atom stereocenters. The summed E-state index contributed by atoms with van der Waals surface area (Å²) in [5.74, 6) is -0.258. The first-order valence-corrected chi connectivity index (χ1v) is 6.05. The molecule has 0 amide bonds. The van der Waals surface area contributed by atoms with E-state index < -0.39 is 5.41 Å². The Kier molecular flexibility index (Phi) is 5.10. The van der Waals surface area contributed by atoms with Crippen LogP contribution in [0.5, 0.6) is 0 Å². The Balaban J connectivity index is 2.84. The average molecular weight is 248 g/mol. The summed E-state index contributed by atoms with van der Waals surface area (Å²) in [6.45, 7) is 7.72. The Morgan fingerprint density at radius 2 is 1.94 bits per heavy atom. The minimum absolute atomic E-state index is 0.0247. The number of rotatable bonds is 6. The third kappa shape index (κ3) is 3.44. The molecule has 0 fully saturated rings. The van der Waals surface area contributed by atoms with Gasteiger partial charge in [-0.2, -0.15) is 0 Å². The molecule has 3 nitrogen and oxygen atoms in total. The Morgan fingerprint density at radius 1 is 1.39 bits per heavy atom. The molecule has 0 heterocycles. The van der Waals surface area contributed by atoms with Crippen molar-refractivity contribution in [1.82, 2.24) is 0 Å². The van der Waals surface area contributed by atoms with Gasteiger partial charge in [0.05, 0.1) is 18.6 Å². The summed E-state index contributed by atoms with van der Waals surface area (Å²) in [5.41, 5.74) is 1.16. The van der Waals surface area contributed by atoms with E-state index in [9.17, 15) is 4.79 Å². The van der Waals surface area contributed by atoms with Crippen molar-refractivity contribution in [2.45, 2.75) is 26.9 Å². The van der Waals surface area contributed by atoms with Crippen molar-refractivity contribution in [2.75, 3.05) is 6.61 Å². The van der Waals surface area contributed by atoms with Crippen LogP contribution in [-0.2, 0) is 22.6 Å². The first-order chi connectivity index (χ1) is 8.55. The Labute approximate surface area is 108 Å². The Hall–Kier alpha value is -1.61. The van der Waals surface area contributed by atoms with Crippen molar-refractivity contribution in [2.24, 2.45) is 5.41 Å². The van der Waals surface area contributed by atoms with E-state index >= 15 is 0 Å². The molecule has 0 bridgehead atoms. The number of esters is 1. The molecule has 98 valence electrons. The van der Waals surface area contributed by atoms with Crippen molar-refractivity contribution in [1.29, 1.82) is 0 Å². The molecule has 0 aliphatic heterocycles. The fourth-order valence-corrected chi connectivity index (χ4v) is 1.71. The van der Waals surface area contributed by atoms with Crippen molar-refractivity contribution in [3.63, 3.8) is 0 Å². The van der Waals surface area contributed by atoms with Gasteiger partial charge < -0.3 is 9.84 Å². The zero-order chi connectivity index (χ0) is 13.6. The number of aliphatic hydroxyl groups is 1. The van der Waals surface area contributed by atoms with Crippen LogP contribution in [0.3, 0.4) is 0 Å². The fourth-order valence-electron chi connectivity index (χ4n) is 1.71. The quantitative estimate of drug-likeness (QED) is 0.621. The third-order valence-corrected chi connectivity index (χ3v) is 2.97. The summed E-state index contributed by atoms with van der Waals surface area (Å²) in [7, 11) is 0. The average Bonchev–Trinajstić information content (AvgIpc) is 2.39. The number of benzene rings is 1. The highest BCUT2D eigenvalue weighted by Gasteiger charge is 2.31. The lowest BCUT2D eigenvalue weighted by atomic mass is 9.83. The second-order valence-corrected chi connectivity index (χ2v) is 4.49. The summed E-state index contributed by atoms with van der Waals surface area (Å²) < 4.78 is 5.06. The van der Waals surface area contributed by atoms with Crippen LogP contribution in [0.1, 0.15) is 25.0 Å².